The van der Waals surface area contributed by atoms with Gasteiger partial charge in [-0.1, -0.05) is 48.9 Å². The average molecular weight is 418 g/mol. The van der Waals surface area contributed by atoms with E-state index in [0.29, 0.717) is 12.5 Å². The Bertz CT molecular complexity index is 1130. The predicted molar refractivity (Wildman–Crippen MR) is 118 cm³/mol. The number of fused-ring (bicyclic) bond motifs is 2. The van der Waals surface area contributed by atoms with E-state index < -0.39 is 0 Å². The van der Waals surface area contributed by atoms with Crippen molar-refractivity contribution in [1.29, 1.82) is 0 Å². The van der Waals surface area contributed by atoms with Gasteiger partial charge >= 0.3 is 6.03 Å². The Morgan fingerprint density at radius 3 is 2.84 bits per heavy atom. The Morgan fingerprint density at radius 1 is 1.23 bits per heavy atom. The molecule has 0 bridgehead atoms. The number of aromatic nitrogens is 1. The quantitative estimate of drug-likeness (QED) is 0.685. The van der Waals surface area contributed by atoms with Gasteiger partial charge in [0.05, 0.1) is 18.3 Å². The molecule has 2 aliphatic heterocycles. The molecule has 3 fully saturated rings. The third-order valence-electron chi connectivity index (χ3n) is 7.83. The van der Waals surface area contributed by atoms with Crippen LogP contribution in [0.15, 0.2) is 53.1 Å². The molecule has 6 nitrogen and oxygen atoms in total. The summed E-state index contributed by atoms with van der Waals surface area (Å²) in [5.74, 6) is 1.36. The van der Waals surface area contributed by atoms with Crippen molar-refractivity contribution in [3.63, 3.8) is 0 Å². The molecule has 3 unspecified atom stereocenters. The van der Waals surface area contributed by atoms with Gasteiger partial charge in [0.1, 0.15) is 24.3 Å². The van der Waals surface area contributed by atoms with Gasteiger partial charge in [0, 0.05) is 6.54 Å². The van der Waals surface area contributed by atoms with Gasteiger partial charge in [-0.15, -0.1) is 0 Å². The summed E-state index contributed by atoms with van der Waals surface area (Å²) in [7, 11) is 0. The van der Waals surface area contributed by atoms with E-state index in [1.54, 1.807) is 6.26 Å². The van der Waals surface area contributed by atoms with E-state index in [2.05, 4.69) is 63.0 Å². The van der Waals surface area contributed by atoms with Gasteiger partial charge in [-0.3, -0.25) is 0 Å². The molecule has 3 atom stereocenters. The number of nitrogens with two attached hydrogens (primary N) is 1. The Balaban J connectivity index is 1.42. The lowest BCUT2D eigenvalue weighted by Gasteiger charge is -2.52. The minimum Gasteiger partial charge on any atom is -0.448 e. The Morgan fingerprint density at radius 2 is 2.06 bits per heavy atom. The second-order valence-corrected chi connectivity index (χ2v) is 9.43. The van der Waals surface area contributed by atoms with Crippen LogP contribution >= 0.6 is 0 Å². The van der Waals surface area contributed by atoms with Crippen molar-refractivity contribution in [2.45, 2.75) is 50.2 Å². The maximum atomic E-state index is 13.5. The molecule has 2 amide bonds. The highest BCUT2D eigenvalue weighted by molar-refractivity contribution is 5.86. The Hall–Kier alpha value is -2.86. The van der Waals surface area contributed by atoms with Gasteiger partial charge < -0.3 is 20.0 Å². The third-order valence-corrected chi connectivity index (χ3v) is 7.83. The molecule has 3 heterocycles. The molecule has 3 N–H and O–H groups in total. The van der Waals surface area contributed by atoms with E-state index in [9.17, 15) is 4.79 Å². The molecule has 0 spiro atoms. The normalized spacial score (nSPS) is 28.4. The molecule has 3 aromatic rings. The fraction of sp³-hybridized carbons (Fsp3) is 0.440. The number of oxazole rings is 1. The number of hydrogen-bond donors (Lipinski definition) is 2. The van der Waals surface area contributed by atoms with Crippen LogP contribution in [0.1, 0.15) is 42.3 Å². The van der Waals surface area contributed by atoms with E-state index in [1.165, 1.54) is 35.6 Å². The molecule has 1 aromatic heterocycles. The molecule has 31 heavy (non-hydrogen) atoms. The zero-order chi connectivity index (χ0) is 21.0. The summed E-state index contributed by atoms with van der Waals surface area (Å²) in [5.41, 5.74) is 1.89. The molecule has 6 rings (SSSR count). The second-order valence-electron chi connectivity index (χ2n) is 9.43. The highest BCUT2D eigenvalue weighted by Crippen LogP contribution is 2.48. The number of rotatable bonds is 4. The van der Waals surface area contributed by atoms with Crippen LogP contribution in [0.3, 0.4) is 0 Å². The highest BCUT2D eigenvalue weighted by atomic mass is 16.3. The van der Waals surface area contributed by atoms with Gasteiger partial charge in [0.25, 0.3) is 0 Å². The smallest absolute Gasteiger partial charge is 0.318 e. The standard InChI is InChI=1S/C25H28N4O2/c1-16-14-31-23(27-16)21-12-26-15-25(19-9-5-10-19)22(21)28-24(30)29(25)13-18-8-4-7-17-6-2-3-11-20(17)18/h2-4,6-8,11,14,19,21-22,26H,5,9-10,12-13,15H2,1H3,(H,28,30)/p+1. The van der Waals surface area contributed by atoms with Crippen LogP contribution in [0.25, 0.3) is 10.8 Å². The molecule has 3 aliphatic rings. The summed E-state index contributed by atoms with van der Waals surface area (Å²) in [5, 5.41) is 8.21. The van der Waals surface area contributed by atoms with Crippen LogP contribution in [-0.2, 0) is 6.54 Å². The third kappa shape index (κ3) is 2.81. The average Bonchev–Trinajstić information content (AvgIpc) is 3.29. The van der Waals surface area contributed by atoms with Crippen molar-refractivity contribution in [3.05, 3.63) is 65.9 Å². The van der Waals surface area contributed by atoms with Gasteiger partial charge in [-0.05, 0) is 42.0 Å². The van der Waals surface area contributed by atoms with Gasteiger partial charge in [0.2, 0.25) is 5.89 Å². The molecule has 160 valence electrons. The molecule has 6 heteroatoms. The number of nitrogens with zero attached hydrogens (tertiary/aromatic N) is 2. The number of amides is 2. The second kappa shape index (κ2) is 7.09. The number of carbonyl (C=O) groups is 1. The van der Waals surface area contributed by atoms with Gasteiger partial charge in [0.15, 0.2) is 0 Å². The molecule has 1 aliphatic carbocycles. The first-order valence-corrected chi connectivity index (χ1v) is 11.5. The fourth-order valence-corrected chi connectivity index (χ4v) is 6.16. The van der Waals surface area contributed by atoms with Crippen molar-refractivity contribution in [2.24, 2.45) is 5.92 Å². The SMILES string of the molecule is Cc1coc(C2C[NH2+]CC3(C4CCC4)C2NC(=O)N3Cc2cccc3ccccc23)n1. The van der Waals surface area contributed by atoms with E-state index >= 15 is 0 Å². The predicted octanol–water partition coefficient (Wildman–Crippen LogP) is 2.93. The number of nitrogens with one attached hydrogen (secondary N) is 1. The van der Waals surface area contributed by atoms with Gasteiger partial charge in [-0.2, -0.15) is 0 Å². The number of aryl methyl sites for hydroxylation is 1. The largest absolute Gasteiger partial charge is 0.448 e. The number of quaternary nitrogens is 1. The van der Waals surface area contributed by atoms with E-state index in [1.807, 2.05) is 6.92 Å². The van der Waals surface area contributed by atoms with Crippen LogP contribution in [0, 0.1) is 12.8 Å². The number of urea groups is 1. The first-order valence-electron chi connectivity index (χ1n) is 11.5. The van der Waals surface area contributed by atoms with Crippen molar-refractivity contribution < 1.29 is 14.5 Å². The van der Waals surface area contributed by atoms with Crippen LogP contribution < -0.4 is 10.6 Å². The molecule has 2 saturated heterocycles. The van der Waals surface area contributed by atoms with E-state index in [0.717, 1.165) is 24.7 Å². The number of piperidine rings is 1. The van der Waals surface area contributed by atoms with E-state index in [4.69, 9.17) is 4.42 Å². The number of hydrogen-bond acceptors (Lipinski definition) is 3. The minimum atomic E-state index is -0.211. The summed E-state index contributed by atoms with van der Waals surface area (Å²) in [6.07, 6.45) is 5.34. The summed E-state index contributed by atoms with van der Waals surface area (Å²) >= 11 is 0. The van der Waals surface area contributed by atoms with Crippen molar-refractivity contribution in [2.75, 3.05) is 13.1 Å². The maximum Gasteiger partial charge on any atom is 0.318 e. The monoisotopic (exact) mass is 417 g/mol. The number of benzene rings is 2. The lowest BCUT2D eigenvalue weighted by molar-refractivity contribution is -0.678. The zero-order valence-electron chi connectivity index (χ0n) is 17.9. The zero-order valence-corrected chi connectivity index (χ0v) is 17.9. The summed E-state index contributed by atoms with van der Waals surface area (Å²) in [4.78, 5) is 20.3. The lowest BCUT2D eigenvalue weighted by atomic mass is 9.63. The molecule has 0 radical (unpaired) electrons. The molecular formula is C25H29N4O2+. The Labute approximate surface area is 182 Å². The van der Waals surface area contributed by atoms with Crippen molar-refractivity contribution in [1.82, 2.24) is 15.2 Å². The first-order chi connectivity index (χ1) is 15.2. The van der Waals surface area contributed by atoms with E-state index in [-0.39, 0.29) is 23.5 Å². The first kappa shape index (κ1) is 18.9. The number of carbonyl (C=O) groups excluding carboxylic acids is 1. The van der Waals surface area contributed by atoms with Crippen molar-refractivity contribution in [3.8, 4) is 0 Å². The van der Waals surface area contributed by atoms with Crippen LogP contribution in [0.2, 0.25) is 0 Å². The summed E-state index contributed by atoms with van der Waals surface area (Å²) in [6.45, 7) is 4.41. The minimum absolute atomic E-state index is 0.0309. The molecular weight excluding hydrogens is 388 g/mol. The fourth-order valence-electron chi connectivity index (χ4n) is 6.16. The van der Waals surface area contributed by atoms with Crippen LogP contribution in [0.5, 0.6) is 0 Å². The maximum absolute atomic E-state index is 13.5. The van der Waals surface area contributed by atoms with Crippen LogP contribution in [0.4, 0.5) is 4.79 Å². The lowest BCUT2D eigenvalue weighted by Crippen LogP contribution is -2.96. The highest BCUT2D eigenvalue weighted by Gasteiger charge is 2.64. The summed E-state index contributed by atoms with van der Waals surface area (Å²) < 4.78 is 5.83. The molecule has 2 aromatic carbocycles. The molecule has 1 saturated carbocycles. The van der Waals surface area contributed by atoms with Crippen LogP contribution in [-0.4, -0.2) is 40.6 Å². The summed E-state index contributed by atoms with van der Waals surface area (Å²) in [6, 6.07) is 14.9. The van der Waals surface area contributed by atoms with Crippen molar-refractivity contribution >= 4 is 16.8 Å². The Kier molecular flexibility index (Phi) is 4.32. The topological polar surface area (TPSA) is 75.0 Å². The van der Waals surface area contributed by atoms with Gasteiger partial charge in [-0.25, -0.2) is 9.78 Å².